The van der Waals surface area contributed by atoms with E-state index in [9.17, 15) is 9.59 Å². The Bertz CT molecular complexity index is 698. The third kappa shape index (κ3) is 6.61. The van der Waals surface area contributed by atoms with Crippen molar-refractivity contribution in [2.24, 2.45) is 0 Å². The number of rotatable bonds is 10. The fourth-order valence-corrected chi connectivity index (χ4v) is 3.67. The third-order valence-electron chi connectivity index (χ3n) is 3.44. The molecule has 0 fully saturated rings. The van der Waals surface area contributed by atoms with Crippen LogP contribution in [0.4, 0.5) is 0 Å². The summed E-state index contributed by atoms with van der Waals surface area (Å²) in [6, 6.07) is 6.96. The van der Waals surface area contributed by atoms with Crippen LogP contribution in [0.1, 0.15) is 15.9 Å². The molecule has 0 aliphatic rings. The minimum absolute atomic E-state index is 0.0758. The maximum absolute atomic E-state index is 12.2. The van der Waals surface area contributed by atoms with Gasteiger partial charge in [-0.2, -0.15) is 23.1 Å². The van der Waals surface area contributed by atoms with Crippen molar-refractivity contribution in [1.29, 1.82) is 0 Å². The highest BCUT2D eigenvalue weighted by Crippen LogP contribution is 2.22. The lowest BCUT2D eigenvalue weighted by Crippen LogP contribution is -2.37. The van der Waals surface area contributed by atoms with Gasteiger partial charge in [-0.25, -0.2) is 0 Å². The van der Waals surface area contributed by atoms with Crippen molar-refractivity contribution in [2.45, 2.75) is 5.75 Å². The summed E-state index contributed by atoms with van der Waals surface area (Å²) in [4.78, 5) is 24.0. The smallest absolute Gasteiger partial charge is 0.251 e. The number of carbonyl (C=O) groups excluding carboxylic acids is 2. The van der Waals surface area contributed by atoms with Gasteiger partial charge in [-0.3, -0.25) is 9.59 Å². The molecule has 0 saturated carbocycles. The van der Waals surface area contributed by atoms with E-state index in [1.807, 2.05) is 0 Å². The molecule has 2 amide bonds. The van der Waals surface area contributed by atoms with E-state index in [2.05, 4.69) is 27.5 Å². The molecular weight excluding hydrogens is 372 g/mol. The van der Waals surface area contributed by atoms with Crippen LogP contribution in [0.2, 0.25) is 0 Å². The average Bonchev–Trinajstić information content (AvgIpc) is 3.18. The van der Waals surface area contributed by atoms with E-state index in [0.29, 0.717) is 23.6 Å². The van der Waals surface area contributed by atoms with E-state index in [1.54, 1.807) is 41.3 Å². The summed E-state index contributed by atoms with van der Waals surface area (Å²) in [7, 11) is 3.03. The molecule has 1 aromatic heterocycles. The minimum Gasteiger partial charge on any atom is -0.497 e. The number of amides is 2. The van der Waals surface area contributed by atoms with E-state index in [-0.39, 0.29) is 18.4 Å². The SMILES string of the molecule is COc1cc(OC)cc(C(=O)NCC(=O)NCCSCc2ccsc2)c1. The Balaban J connectivity index is 1.68. The van der Waals surface area contributed by atoms with Crippen molar-refractivity contribution in [1.82, 2.24) is 10.6 Å². The standard InChI is InChI=1S/C18H22N2O4S2/c1-23-15-7-14(8-16(9-15)24-2)18(22)20-10-17(21)19-4-6-26-12-13-3-5-25-11-13/h3,5,7-9,11H,4,6,10,12H2,1-2H3,(H,19,21)(H,20,22). The molecule has 0 bridgehead atoms. The van der Waals surface area contributed by atoms with Crippen LogP contribution in [0, 0.1) is 0 Å². The van der Waals surface area contributed by atoms with E-state index in [1.165, 1.54) is 19.8 Å². The zero-order valence-corrected chi connectivity index (χ0v) is 16.4. The predicted molar refractivity (Wildman–Crippen MR) is 105 cm³/mol. The molecule has 2 rings (SSSR count). The Morgan fingerprint density at radius 1 is 1.12 bits per heavy atom. The normalized spacial score (nSPS) is 10.2. The number of nitrogens with one attached hydrogen (secondary N) is 2. The van der Waals surface area contributed by atoms with E-state index in [4.69, 9.17) is 9.47 Å². The first kappa shape index (κ1) is 20.1. The topological polar surface area (TPSA) is 76.7 Å². The summed E-state index contributed by atoms with van der Waals surface area (Å²) in [6.45, 7) is 0.490. The number of thioether (sulfide) groups is 1. The molecule has 2 N–H and O–H groups in total. The molecule has 1 heterocycles. The highest BCUT2D eigenvalue weighted by Gasteiger charge is 2.11. The fourth-order valence-electron chi connectivity index (χ4n) is 2.09. The van der Waals surface area contributed by atoms with Crippen molar-refractivity contribution in [3.63, 3.8) is 0 Å². The Kier molecular flexibility index (Phi) is 8.30. The highest BCUT2D eigenvalue weighted by molar-refractivity contribution is 7.98. The van der Waals surface area contributed by atoms with Gasteiger partial charge in [-0.15, -0.1) is 0 Å². The summed E-state index contributed by atoms with van der Waals surface area (Å²) < 4.78 is 10.3. The number of hydrogen-bond acceptors (Lipinski definition) is 6. The van der Waals surface area contributed by atoms with Crippen molar-refractivity contribution in [3.8, 4) is 11.5 Å². The third-order valence-corrected chi connectivity index (χ3v) is 5.20. The molecule has 26 heavy (non-hydrogen) atoms. The second-order valence-electron chi connectivity index (χ2n) is 5.32. The summed E-state index contributed by atoms with van der Waals surface area (Å²) in [5, 5.41) is 9.56. The van der Waals surface area contributed by atoms with Crippen LogP contribution in [-0.4, -0.2) is 44.9 Å². The Morgan fingerprint density at radius 3 is 2.46 bits per heavy atom. The molecule has 0 unspecified atom stereocenters. The molecule has 0 saturated heterocycles. The lowest BCUT2D eigenvalue weighted by molar-refractivity contribution is -0.120. The second-order valence-corrected chi connectivity index (χ2v) is 7.20. The molecule has 140 valence electrons. The van der Waals surface area contributed by atoms with E-state index in [0.717, 1.165) is 11.5 Å². The van der Waals surface area contributed by atoms with Crippen LogP contribution in [0.25, 0.3) is 0 Å². The lowest BCUT2D eigenvalue weighted by Gasteiger charge is -2.09. The number of ether oxygens (including phenoxy) is 2. The monoisotopic (exact) mass is 394 g/mol. The average molecular weight is 395 g/mol. The van der Waals surface area contributed by atoms with Crippen LogP contribution in [0.5, 0.6) is 11.5 Å². The summed E-state index contributed by atoms with van der Waals surface area (Å²) in [5.74, 6) is 2.22. The maximum atomic E-state index is 12.2. The summed E-state index contributed by atoms with van der Waals surface area (Å²) in [5.41, 5.74) is 1.67. The van der Waals surface area contributed by atoms with Crippen LogP contribution in [-0.2, 0) is 10.5 Å². The molecule has 0 spiro atoms. The zero-order chi connectivity index (χ0) is 18.8. The van der Waals surface area contributed by atoms with Gasteiger partial charge >= 0.3 is 0 Å². The van der Waals surface area contributed by atoms with E-state index >= 15 is 0 Å². The van der Waals surface area contributed by atoms with Crippen LogP contribution >= 0.6 is 23.1 Å². The minimum atomic E-state index is -0.357. The van der Waals surface area contributed by atoms with Gasteiger partial charge in [0.2, 0.25) is 5.91 Å². The molecule has 1 aromatic carbocycles. The van der Waals surface area contributed by atoms with Gasteiger partial charge in [-0.05, 0) is 34.5 Å². The van der Waals surface area contributed by atoms with Crippen molar-refractivity contribution in [3.05, 3.63) is 46.2 Å². The predicted octanol–water partition coefficient (Wildman–Crippen LogP) is 2.54. The van der Waals surface area contributed by atoms with Gasteiger partial charge in [0.25, 0.3) is 5.91 Å². The number of methoxy groups -OCH3 is 2. The summed E-state index contributed by atoms with van der Waals surface area (Å²) >= 11 is 3.44. The Morgan fingerprint density at radius 2 is 1.85 bits per heavy atom. The first-order valence-corrected chi connectivity index (χ1v) is 10.1. The van der Waals surface area contributed by atoms with Crippen LogP contribution in [0.3, 0.4) is 0 Å². The molecule has 6 nitrogen and oxygen atoms in total. The van der Waals surface area contributed by atoms with Crippen LogP contribution < -0.4 is 20.1 Å². The largest absolute Gasteiger partial charge is 0.497 e. The first-order chi connectivity index (χ1) is 12.6. The number of thiophene rings is 1. The van der Waals surface area contributed by atoms with Crippen molar-refractivity contribution in [2.75, 3.05) is 33.1 Å². The van der Waals surface area contributed by atoms with E-state index < -0.39 is 0 Å². The fraction of sp³-hybridized carbons (Fsp3) is 0.333. The van der Waals surface area contributed by atoms with Gasteiger partial charge in [0.05, 0.1) is 20.8 Å². The summed E-state index contributed by atoms with van der Waals surface area (Å²) in [6.07, 6.45) is 0. The molecule has 0 aliphatic heterocycles. The Labute approximate surface area is 161 Å². The lowest BCUT2D eigenvalue weighted by atomic mass is 10.2. The number of benzene rings is 1. The van der Waals surface area contributed by atoms with Gasteiger partial charge in [0, 0.05) is 29.7 Å². The molecule has 8 heteroatoms. The maximum Gasteiger partial charge on any atom is 0.251 e. The molecule has 0 aliphatic carbocycles. The van der Waals surface area contributed by atoms with Gasteiger partial charge in [-0.1, -0.05) is 0 Å². The van der Waals surface area contributed by atoms with Crippen molar-refractivity contribution < 1.29 is 19.1 Å². The van der Waals surface area contributed by atoms with Gasteiger partial charge < -0.3 is 20.1 Å². The quantitative estimate of drug-likeness (QED) is 0.606. The van der Waals surface area contributed by atoms with Crippen LogP contribution in [0.15, 0.2) is 35.0 Å². The number of hydrogen-bond donors (Lipinski definition) is 2. The second kappa shape index (κ2) is 10.7. The number of carbonyl (C=O) groups is 2. The Hall–Kier alpha value is -2.19. The molecule has 0 radical (unpaired) electrons. The molecule has 0 atom stereocenters. The zero-order valence-electron chi connectivity index (χ0n) is 14.7. The molecular formula is C18H22N2O4S2. The highest BCUT2D eigenvalue weighted by atomic mass is 32.2. The first-order valence-electron chi connectivity index (χ1n) is 7.99. The molecule has 2 aromatic rings. The van der Waals surface area contributed by atoms with Crippen molar-refractivity contribution >= 4 is 34.9 Å². The van der Waals surface area contributed by atoms with Gasteiger partial charge in [0.1, 0.15) is 11.5 Å². The van der Waals surface area contributed by atoms with Gasteiger partial charge in [0.15, 0.2) is 0 Å².